The number of likely N-dealkylation sites (tertiary alicyclic amines) is 1. The van der Waals surface area contributed by atoms with Gasteiger partial charge in [-0.15, -0.1) is 0 Å². The number of rotatable bonds is 5. The number of pyridine rings is 1. The lowest BCUT2D eigenvalue weighted by Crippen LogP contribution is -2.23. The maximum atomic E-state index is 5.66. The Hall–Kier alpha value is -1.88. The Balaban J connectivity index is 1.47. The summed E-state index contributed by atoms with van der Waals surface area (Å²) in [6.07, 6.45) is 3.02. The lowest BCUT2D eigenvalue weighted by atomic mass is 10.1. The normalized spacial score (nSPS) is 19.0. The molecular formula is C16H22N4O. The molecule has 0 amide bonds. The Morgan fingerprint density at radius 2 is 2.29 bits per heavy atom. The fourth-order valence-electron chi connectivity index (χ4n) is 2.74. The molecule has 2 aromatic heterocycles. The van der Waals surface area contributed by atoms with Crippen LogP contribution in [0.25, 0.3) is 0 Å². The highest BCUT2D eigenvalue weighted by atomic mass is 16.4. The molecule has 1 atom stereocenters. The highest BCUT2D eigenvalue weighted by Gasteiger charge is 2.23. The summed E-state index contributed by atoms with van der Waals surface area (Å²) in [4.78, 5) is 11.2. The predicted octanol–water partition coefficient (Wildman–Crippen LogP) is 2.62. The minimum absolute atomic E-state index is 0.657. The molecule has 2 aromatic rings. The maximum Gasteiger partial charge on any atom is 0.208 e. The van der Waals surface area contributed by atoms with Gasteiger partial charge in [0.2, 0.25) is 5.89 Å². The molecule has 0 aliphatic carbocycles. The summed E-state index contributed by atoms with van der Waals surface area (Å²) >= 11 is 0. The van der Waals surface area contributed by atoms with Crippen LogP contribution < -0.4 is 5.32 Å². The Bertz CT molecular complexity index is 562. The fourth-order valence-corrected chi connectivity index (χ4v) is 2.74. The largest absolute Gasteiger partial charge is 0.444 e. The molecule has 21 heavy (non-hydrogen) atoms. The van der Waals surface area contributed by atoms with Gasteiger partial charge in [-0.2, -0.15) is 0 Å². The van der Waals surface area contributed by atoms with Crippen LogP contribution in [-0.4, -0.2) is 34.5 Å². The summed E-state index contributed by atoms with van der Waals surface area (Å²) < 4.78 is 5.66. The van der Waals surface area contributed by atoms with E-state index in [9.17, 15) is 0 Å². The fraction of sp³-hybridized carbons (Fsp3) is 0.500. The van der Waals surface area contributed by atoms with E-state index in [4.69, 9.17) is 4.42 Å². The summed E-state index contributed by atoms with van der Waals surface area (Å²) in [7, 11) is 0. The molecule has 5 nitrogen and oxygen atoms in total. The van der Waals surface area contributed by atoms with Crippen molar-refractivity contribution in [2.24, 2.45) is 5.92 Å². The van der Waals surface area contributed by atoms with Gasteiger partial charge in [0.15, 0.2) is 0 Å². The topological polar surface area (TPSA) is 54.2 Å². The number of aryl methyl sites for hydroxylation is 2. The van der Waals surface area contributed by atoms with Gasteiger partial charge in [0.1, 0.15) is 11.6 Å². The van der Waals surface area contributed by atoms with Crippen LogP contribution in [0.15, 0.2) is 28.8 Å². The van der Waals surface area contributed by atoms with Crippen molar-refractivity contribution in [1.82, 2.24) is 14.9 Å². The highest BCUT2D eigenvalue weighted by Crippen LogP contribution is 2.20. The number of hydrogen-bond acceptors (Lipinski definition) is 5. The molecular weight excluding hydrogens is 264 g/mol. The molecule has 0 aromatic carbocycles. The first-order valence-corrected chi connectivity index (χ1v) is 7.51. The molecule has 3 rings (SSSR count). The zero-order valence-corrected chi connectivity index (χ0v) is 12.7. The van der Waals surface area contributed by atoms with Gasteiger partial charge >= 0.3 is 0 Å². The standard InChI is InChI=1S/C16H22N4O/c1-12-13(2)21-16(19-12)11-20-8-6-14(10-20)9-18-15-5-3-4-7-17-15/h3-5,7,14H,6,8-11H2,1-2H3,(H,17,18). The van der Waals surface area contributed by atoms with Crippen molar-refractivity contribution in [1.29, 1.82) is 0 Å². The number of nitrogens with one attached hydrogen (secondary N) is 1. The van der Waals surface area contributed by atoms with Gasteiger partial charge in [-0.05, 0) is 44.9 Å². The van der Waals surface area contributed by atoms with E-state index >= 15 is 0 Å². The molecule has 0 saturated carbocycles. The molecule has 3 heterocycles. The second-order valence-corrected chi connectivity index (χ2v) is 5.73. The van der Waals surface area contributed by atoms with Crippen molar-refractivity contribution in [3.63, 3.8) is 0 Å². The zero-order chi connectivity index (χ0) is 14.7. The second-order valence-electron chi connectivity index (χ2n) is 5.73. The Labute approximate surface area is 125 Å². The van der Waals surface area contributed by atoms with Crippen molar-refractivity contribution in [2.75, 3.05) is 25.0 Å². The van der Waals surface area contributed by atoms with Crippen LogP contribution in [0.4, 0.5) is 5.82 Å². The van der Waals surface area contributed by atoms with Gasteiger partial charge in [-0.25, -0.2) is 9.97 Å². The number of hydrogen-bond donors (Lipinski definition) is 1. The van der Waals surface area contributed by atoms with Crippen LogP contribution in [0.1, 0.15) is 23.8 Å². The minimum atomic E-state index is 0.657. The minimum Gasteiger partial charge on any atom is -0.444 e. The number of aromatic nitrogens is 2. The van der Waals surface area contributed by atoms with Crippen LogP contribution >= 0.6 is 0 Å². The molecule has 1 fully saturated rings. The Kier molecular flexibility index (Phi) is 4.20. The summed E-state index contributed by atoms with van der Waals surface area (Å²) in [5.74, 6) is 3.37. The van der Waals surface area contributed by atoms with Gasteiger partial charge < -0.3 is 9.73 Å². The summed E-state index contributed by atoms with van der Waals surface area (Å²) in [6, 6.07) is 5.94. The van der Waals surface area contributed by atoms with Gasteiger partial charge in [-0.3, -0.25) is 4.90 Å². The number of oxazole rings is 1. The average molecular weight is 286 g/mol. The maximum absolute atomic E-state index is 5.66. The van der Waals surface area contributed by atoms with Crippen LogP contribution in [-0.2, 0) is 6.54 Å². The lowest BCUT2D eigenvalue weighted by Gasteiger charge is -2.14. The lowest BCUT2D eigenvalue weighted by molar-refractivity contribution is 0.279. The Morgan fingerprint density at radius 3 is 3.00 bits per heavy atom. The van der Waals surface area contributed by atoms with E-state index in [1.54, 1.807) is 0 Å². The Morgan fingerprint density at radius 1 is 1.38 bits per heavy atom. The SMILES string of the molecule is Cc1nc(CN2CCC(CNc3ccccn3)C2)oc1C. The zero-order valence-electron chi connectivity index (χ0n) is 12.7. The first kappa shape index (κ1) is 14.1. The van der Waals surface area contributed by atoms with Crippen LogP contribution in [0, 0.1) is 19.8 Å². The molecule has 112 valence electrons. The van der Waals surface area contributed by atoms with Gasteiger partial charge in [0.25, 0.3) is 0 Å². The van der Waals surface area contributed by atoms with Crippen molar-refractivity contribution in [3.8, 4) is 0 Å². The average Bonchev–Trinajstić information content (AvgIpc) is 3.05. The van der Waals surface area contributed by atoms with E-state index in [1.165, 1.54) is 6.42 Å². The van der Waals surface area contributed by atoms with Gasteiger partial charge in [-0.1, -0.05) is 6.07 Å². The highest BCUT2D eigenvalue weighted by molar-refractivity contribution is 5.33. The third kappa shape index (κ3) is 3.61. The molecule has 1 saturated heterocycles. The second kappa shape index (κ2) is 6.26. The van der Waals surface area contributed by atoms with E-state index < -0.39 is 0 Å². The molecule has 0 radical (unpaired) electrons. The predicted molar refractivity (Wildman–Crippen MR) is 82.1 cm³/mol. The van der Waals surface area contributed by atoms with Crippen LogP contribution in [0.5, 0.6) is 0 Å². The number of anilines is 1. The van der Waals surface area contributed by atoms with Crippen molar-refractivity contribution in [3.05, 3.63) is 41.7 Å². The summed E-state index contributed by atoms with van der Waals surface area (Å²) in [6.45, 7) is 7.93. The van der Waals surface area contributed by atoms with E-state index in [0.717, 1.165) is 49.3 Å². The van der Waals surface area contributed by atoms with Crippen molar-refractivity contribution < 1.29 is 4.42 Å². The molecule has 0 bridgehead atoms. The first-order valence-electron chi connectivity index (χ1n) is 7.51. The van der Waals surface area contributed by atoms with Gasteiger partial charge in [0, 0.05) is 19.3 Å². The number of nitrogens with zero attached hydrogens (tertiary/aromatic N) is 3. The smallest absolute Gasteiger partial charge is 0.208 e. The summed E-state index contributed by atoms with van der Waals surface area (Å²) in [5.41, 5.74) is 0.998. The third-order valence-corrected chi connectivity index (χ3v) is 4.04. The first-order chi connectivity index (χ1) is 10.2. The van der Waals surface area contributed by atoms with E-state index in [0.29, 0.717) is 5.92 Å². The summed E-state index contributed by atoms with van der Waals surface area (Å²) in [5, 5.41) is 3.41. The van der Waals surface area contributed by atoms with Crippen LogP contribution in [0.2, 0.25) is 0 Å². The molecule has 5 heteroatoms. The molecule has 1 aliphatic rings. The van der Waals surface area contributed by atoms with E-state index in [2.05, 4.69) is 20.2 Å². The van der Waals surface area contributed by atoms with Crippen LogP contribution in [0.3, 0.4) is 0 Å². The molecule has 1 unspecified atom stereocenters. The third-order valence-electron chi connectivity index (χ3n) is 4.04. The monoisotopic (exact) mass is 286 g/mol. The van der Waals surface area contributed by atoms with E-state index in [-0.39, 0.29) is 0 Å². The molecule has 1 aliphatic heterocycles. The van der Waals surface area contributed by atoms with Gasteiger partial charge in [0.05, 0.1) is 12.2 Å². The van der Waals surface area contributed by atoms with Crippen molar-refractivity contribution in [2.45, 2.75) is 26.8 Å². The van der Waals surface area contributed by atoms with E-state index in [1.807, 2.05) is 38.2 Å². The van der Waals surface area contributed by atoms with Crippen molar-refractivity contribution >= 4 is 5.82 Å². The quantitative estimate of drug-likeness (QED) is 0.915. The molecule has 1 N–H and O–H groups in total. The molecule has 0 spiro atoms.